The van der Waals surface area contributed by atoms with Crippen LogP contribution in [0.15, 0.2) is 64.3 Å². The summed E-state index contributed by atoms with van der Waals surface area (Å²) >= 11 is 0. The number of methoxy groups -OCH3 is 1. The number of hydrogen-bond donors (Lipinski definition) is 2. The molecule has 0 saturated heterocycles. The molecule has 47 heavy (non-hydrogen) atoms. The molecule has 2 heterocycles. The summed E-state index contributed by atoms with van der Waals surface area (Å²) in [7, 11) is 2.21. The van der Waals surface area contributed by atoms with Crippen LogP contribution in [-0.2, 0) is 25.1 Å². The Bertz CT molecular complexity index is 1790. The van der Waals surface area contributed by atoms with Crippen LogP contribution in [0, 0.1) is 0 Å². The number of carbonyl (C=O) groups is 2. The fraction of sp³-hybridized carbons (Fsp3) is 0.412. The maximum absolute atomic E-state index is 14.4. The average Bonchev–Trinajstić information content (AvgIpc) is 3.02. The van der Waals surface area contributed by atoms with Gasteiger partial charge in [-0.3, -0.25) is 19.5 Å². The monoisotopic (exact) mass is 664 g/mol. The van der Waals surface area contributed by atoms with Crippen LogP contribution in [0.4, 0.5) is 10.5 Å². The Hall–Kier alpha value is -4.62. The standard InChI is InChI=1S/C34H44N4O8Si/c1-34(2,3)47(7,8)46-21-24-16-23(26-19-36(4)33(43)37(5)30(26)39)14-15-38(24)31(40)25-17-28(44-6)29(18-27(25)35-32(41)42)45-20-22-12-10-9-11-13-22/h9-14,17-19,24,35H,15-16,20-21H2,1-8H3,(H,41,42)/t24-/m0/s1. The smallest absolute Gasteiger partial charge is 0.409 e. The highest BCUT2D eigenvalue weighted by Crippen LogP contribution is 2.39. The molecule has 2 N–H and O–H groups in total. The van der Waals surface area contributed by atoms with Crippen molar-refractivity contribution < 1.29 is 28.6 Å². The van der Waals surface area contributed by atoms with Gasteiger partial charge in [-0.05, 0) is 41.8 Å². The number of nitrogens with zero attached hydrogens (tertiary/aromatic N) is 3. The Morgan fingerprint density at radius 1 is 1.06 bits per heavy atom. The molecule has 0 bridgehead atoms. The van der Waals surface area contributed by atoms with Gasteiger partial charge in [0.25, 0.3) is 11.5 Å². The Kier molecular flexibility index (Phi) is 10.5. The number of nitrogens with one attached hydrogen (secondary N) is 1. The zero-order valence-corrected chi connectivity index (χ0v) is 29.2. The molecule has 1 atom stereocenters. The van der Waals surface area contributed by atoms with E-state index in [-0.39, 0.29) is 54.0 Å². The number of hydrogen-bond acceptors (Lipinski definition) is 7. The second-order valence-electron chi connectivity index (χ2n) is 13.2. The Labute approximate surface area is 275 Å². The second-order valence-corrected chi connectivity index (χ2v) is 18.0. The predicted octanol–water partition coefficient (Wildman–Crippen LogP) is 5.08. The van der Waals surface area contributed by atoms with Crippen LogP contribution in [0.1, 0.15) is 48.7 Å². The minimum atomic E-state index is -2.26. The van der Waals surface area contributed by atoms with Crippen molar-refractivity contribution in [3.05, 3.63) is 92.3 Å². The first-order valence-corrected chi connectivity index (χ1v) is 18.2. The van der Waals surface area contributed by atoms with Gasteiger partial charge in [0.2, 0.25) is 0 Å². The third-order valence-corrected chi connectivity index (χ3v) is 13.4. The normalized spacial score (nSPS) is 15.2. The highest BCUT2D eigenvalue weighted by Gasteiger charge is 2.39. The van der Waals surface area contributed by atoms with Crippen LogP contribution in [0.5, 0.6) is 11.5 Å². The minimum Gasteiger partial charge on any atom is -0.493 e. The second kappa shape index (κ2) is 14.0. The summed E-state index contributed by atoms with van der Waals surface area (Å²) in [5.74, 6) is 0.0752. The predicted molar refractivity (Wildman–Crippen MR) is 183 cm³/mol. The Morgan fingerprint density at radius 2 is 1.74 bits per heavy atom. The van der Waals surface area contributed by atoms with E-state index >= 15 is 0 Å². The molecular weight excluding hydrogens is 620 g/mol. The Balaban J connectivity index is 1.75. The molecule has 1 aliphatic heterocycles. The number of ether oxygens (including phenoxy) is 2. The van der Waals surface area contributed by atoms with Gasteiger partial charge in [0.1, 0.15) is 6.61 Å². The number of aryl methyl sites for hydroxylation is 1. The summed E-state index contributed by atoms with van der Waals surface area (Å²) in [6.45, 7) is 11.1. The molecule has 4 rings (SSSR count). The van der Waals surface area contributed by atoms with Gasteiger partial charge in [0, 0.05) is 32.9 Å². The summed E-state index contributed by atoms with van der Waals surface area (Å²) in [5, 5.41) is 11.9. The number of carboxylic acid groups (broad SMARTS) is 1. The summed E-state index contributed by atoms with van der Waals surface area (Å²) < 4.78 is 20.6. The fourth-order valence-corrected chi connectivity index (χ4v) is 6.13. The van der Waals surface area contributed by atoms with E-state index in [0.717, 1.165) is 10.1 Å². The average molecular weight is 665 g/mol. The van der Waals surface area contributed by atoms with Crippen molar-refractivity contribution in [2.24, 2.45) is 14.1 Å². The van der Waals surface area contributed by atoms with Gasteiger partial charge in [-0.1, -0.05) is 57.2 Å². The van der Waals surface area contributed by atoms with Gasteiger partial charge >= 0.3 is 11.8 Å². The lowest BCUT2D eigenvalue weighted by Crippen LogP contribution is -2.50. The number of aromatic nitrogens is 2. The minimum absolute atomic E-state index is 0.0390. The molecule has 0 unspecified atom stereocenters. The molecular formula is C34H44N4O8Si. The first-order chi connectivity index (χ1) is 22.0. The molecule has 13 heteroatoms. The highest BCUT2D eigenvalue weighted by atomic mass is 28.4. The summed E-state index contributed by atoms with van der Waals surface area (Å²) in [6, 6.07) is 11.9. The zero-order valence-electron chi connectivity index (χ0n) is 28.2. The first kappa shape index (κ1) is 35.2. The van der Waals surface area contributed by atoms with Crippen molar-refractivity contribution in [2.75, 3.05) is 25.6 Å². The lowest BCUT2D eigenvalue weighted by molar-refractivity contribution is 0.0627. The van der Waals surface area contributed by atoms with E-state index in [4.69, 9.17) is 13.9 Å². The van der Waals surface area contributed by atoms with E-state index in [9.17, 15) is 24.3 Å². The fourth-order valence-electron chi connectivity index (χ4n) is 5.09. The molecule has 0 fully saturated rings. The lowest BCUT2D eigenvalue weighted by atomic mass is 9.95. The van der Waals surface area contributed by atoms with E-state index in [0.29, 0.717) is 11.1 Å². The maximum atomic E-state index is 14.4. The molecule has 0 spiro atoms. The number of anilines is 1. The van der Waals surface area contributed by atoms with Crippen LogP contribution in [0.25, 0.3) is 5.57 Å². The molecule has 12 nitrogen and oxygen atoms in total. The van der Waals surface area contributed by atoms with Crippen LogP contribution in [0.3, 0.4) is 0 Å². The third kappa shape index (κ3) is 7.85. The van der Waals surface area contributed by atoms with Gasteiger partial charge in [0.15, 0.2) is 19.8 Å². The van der Waals surface area contributed by atoms with Gasteiger partial charge < -0.3 is 28.5 Å². The number of amides is 2. The van der Waals surface area contributed by atoms with E-state index < -0.39 is 37.6 Å². The van der Waals surface area contributed by atoms with Gasteiger partial charge in [0.05, 0.1) is 36.6 Å². The number of rotatable bonds is 10. The van der Waals surface area contributed by atoms with Gasteiger partial charge in [-0.15, -0.1) is 0 Å². The zero-order chi connectivity index (χ0) is 34.7. The van der Waals surface area contributed by atoms with Crippen molar-refractivity contribution in [3.63, 3.8) is 0 Å². The molecule has 1 aliphatic rings. The van der Waals surface area contributed by atoms with Crippen LogP contribution in [-0.4, -0.2) is 65.8 Å². The van der Waals surface area contributed by atoms with Crippen molar-refractivity contribution in [2.45, 2.75) is 58.0 Å². The van der Waals surface area contributed by atoms with Gasteiger partial charge in [-0.25, -0.2) is 9.59 Å². The third-order valence-electron chi connectivity index (χ3n) is 8.94. The maximum Gasteiger partial charge on any atom is 0.409 e. The summed E-state index contributed by atoms with van der Waals surface area (Å²) in [5.41, 5.74) is 1.21. The molecule has 0 aliphatic carbocycles. The highest BCUT2D eigenvalue weighted by molar-refractivity contribution is 6.74. The molecule has 3 aromatic rings. The van der Waals surface area contributed by atoms with Crippen LogP contribution in [0.2, 0.25) is 18.1 Å². The molecule has 1 aromatic heterocycles. The van der Waals surface area contributed by atoms with E-state index in [1.165, 1.54) is 37.1 Å². The van der Waals surface area contributed by atoms with Crippen molar-refractivity contribution in [1.29, 1.82) is 0 Å². The SMILES string of the molecule is COc1cc(C(=O)N2CC=C(c3cn(C)c(=O)n(C)c3=O)C[C@H]2CO[Si](C)(C)C(C)(C)C)c(NC(=O)O)cc1OCc1ccccc1. The van der Waals surface area contributed by atoms with Crippen molar-refractivity contribution >= 4 is 31.6 Å². The Morgan fingerprint density at radius 3 is 2.36 bits per heavy atom. The van der Waals surface area contributed by atoms with Crippen molar-refractivity contribution in [1.82, 2.24) is 14.0 Å². The van der Waals surface area contributed by atoms with Crippen LogP contribution < -0.4 is 26.0 Å². The first-order valence-electron chi connectivity index (χ1n) is 15.3. The lowest BCUT2D eigenvalue weighted by Gasteiger charge is -2.41. The van der Waals surface area contributed by atoms with Crippen molar-refractivity contribution in [3.8, 4) is 11.5 Å². The topological polar surface area (TPSA) is 141 Å². The molecule has 0 saturated carbocycles. The van der Waals surface area contributed by atoms with E-state index in [2.05, 4.69) is 39.2 Å². The number of carbonyl (C=O) groups excluding carboxylic acids is 1. The largest absolute Gasteiger partial charge is 0.493 e. The molecule has 2 amide bonds. The molecule has 2 aromatic carbocycles. The summed E-state index contributed by atoms with van der Waals surface area (Å²) in [4.78, 5) is 53.3. The van der Waals surface area contributed by atoms with E-state index in [1.807, 2.05) is 30.3 Å². The van der Waals surface area contributed by atoms with Gasteiger partial charge in [-0.2, -0.15) is 0 Å². The molecule has 252 valence electrons. The molecule has 0 radical (unpaired) electrons. The summed E-state index contributed by atoms with van der Waals surface area (Å²) in [6.07, 6.45) is 2.25. The van der Waals surface area contributed by atoms with E-state index in [1.54, 1.807) is 18.0 Å². The quantitative estimate of drug-likeness (QED) is 0.286. The van der Waals surface area contributed by atoms with Crippen LogP contribution >= 0.6 is 0 Å². The number of benzene rings is 2.